The lowest BCUT2D eigenvalue weighted by molar-refractivity contribution is 0.156. The highest BCUT2D eigenvalue weighted by Crippen LogP contribution is 2.57. The number of aryl methyl sites for hydroxylation is 2. The van der Waals surface area contributed by atoms with Crippen molar-refractivity contribution in [3.63, 3.8) is 0 Å². The van der Waals surface area contributed by atoms with Gasteiger partial charge in [0.15, 0.2) is 0 Å². The summed E-state index contributed by atoms with van der Waals surface area (Å²) in [7, 11) is 2.11. The zero-order valence-corrected chi connectivity index (χ0v) is 13.3. The van der Waals surface area contributed by atoms with Crippen molar-refractivity contribution in [2.45, 2.75) is 58.9 Å². The van der Waals surface area contributed by atoms with E-state index in [9.17, 15) is 0 Å². The van der Waals surface area contributed by atoms with Gasteiger partial charge in [0.05, 0.1) is 5.69 Å². The van der Waals surface area contributed by atoms with E-state index in [1.54, 1.807) is 0 Å². The molecule has 0 aromatic carbocycles. The van der Waals surface area contributed by atoms with Gasteiger partial charge in [-0.25, -0.2) is 0 Å². The first-order chi connectivity index (χ1) is 9.70. The monoisotopic (exact) mass is 275 g/mol. The molecule has 3 nitrogen and oxygen atoms in total. The Kier molecular flexibility index (Phi) is 3.89. The van der Waals surface area contributed by atoms with E-state index in [0.29, 0.717) is 5.41 Å². The van der Waals surface area contributed by atoms with Crippen LogP contribution < -0.4 is 5.32 Å². The topological polar surface area (TPSA) is 29.9 Å². The van der Waals surface area contributed by atoms with Crippen molar-refractivity contribution in [3.8, 4) is 0 Å². The van der Waals surface area contributed by atoms with Gasteiger partial charge in [-0.3, -0.25) is 4.68 Å². The minimum Gasteiger partial charge on any atom is -0.319 e. The van der Waals surface area contributed by atoms with Crippen LogP contribution in [0.3, 0.4) is 0 Å². The molecule has 0 saturated heterocycles. The zero-order valence-electron chi connectivity index (χ0n) is 13.3. The van der Waals surface area contributed by atoms with Crippen LogP contribution in [0.4, 0.5) is 0 Å². The van der Waals surface area contributed by atoms with E-state index < -0.39 is 0 Å². The minimum atomic E-state index is 0.496. The molecule has 1 heterocycles. The standard InChI is InChI=1S/C17H29N3/c1-4-15-9-16(20(5-2)19-15)11-17(12-18-3)10-13-6-7-14(17)8-13/h9,13-14,18H,4-8,10-12H2,1-3H3. The number of hydrogen-bond acceptors (Lipinski definition) is 2. The van der Waals surface area contributed by atoms with E-state index >= 15 is 0 Å². The number of nitrogens with one attached hydrogen (secondary N) is 1. The average molecular weight is 275 g/mol. The number of aromatic nitrogens is 2. The Balaban J connectivity index is 1.85. The van der Waals surface area contributed by atoms with E-state index in [2.05, 4.69) is 37.0 Å². The summed E-state index contributed by atoms with van der Waals surface area (Å²) < 4.78 is 2.24. The van der Waals surface area contributed by atoms with E-state index in [0.717, 1.165) is 24.8 Å². The van der Waals surface area contributed by atoms with Crippen LogP contribution in [-0.4, -0.2) is 23.4 Å². The molecule has 20 heavy (non-hydrogen) atoms. The SMILES string of the molecule is CCc1cc(CC2(CNC)CC3CCC2C3)n(CC)n1. The van der Waals surface area contributed by atoms with Crippen LogP contribution in [0, 0.1) is 17.3 Å². The van der Waals surface area contributed by atoms with Gasteiger partial charge in [0.25, 0.3) is 0 Å². The molecule has 3 atom stereocenters. The van der Waals surface area contributed by atoms with Crippen molar-refractivity contribution in [2.24, 2.45) is 17.3 Å². The molecule has 3 rings (SSSR count). The molecule has 1 aromatic rings. The van der Waals surface area contributed by atoms with Crippen LogP contribution in [-0.2, 0) is 19.4 Å². The predicted octanol–water partition coefficient (Wildman–Crippen LogP) is 3.03. The molecule has 2 aliphatic rings. The second-order valence-electron chi connectivity index (χ2n) is 6.95. The first-order valence-corrected chi connectivity index (χ1v) is 8.41. The molecule has 0 aliphatic heterocycles. The van der Waals surface area contributed by atoms with Crippen molar-refractivity contribution >= 4 is 0 Å². The maximum Gasteiger partial charge on any atom is 0.0624 e. The van der Waals surface area contributed by atoms with Gasteiger partial charge in [-0.15, -0.1) is 0 Å². The predicted molar refractivity (Wildman–Crippen MR) is 82.8 cm³/mol. The Hall–Kier alpha value is -0.830. The molecule has 3 unspecified atom stereocenters. The maximum atomic E-state index is 4.74. The van der Waals surface area contributed by atoms with E-state index in [-0.39, 0.29) is 0 Å². The third-order valence-corrected chi connectivity index (χ3v) is 5.74. The van der Waals surface area contributed by atoms with Crippen molar-refractivity contribution in [2.75, 3.05) is 13.6 Å². The fourth-order valence-electron chi connectivity index (χ4n) is 4.87. The molecule has 2 bridgehead atoms. The Morgan fingerprint density at radius 2 is 2.25 bits per heavy atom. The number of fused-ring (bicyclic) bond motifs is 2. The summed E-state index contributed by atoms with van der Waals surface area (Å²) in [5.74, 6) is 1.93. The molecule has 0 radical (unpaired) electrons. The zero-order chi connectivity index (χ0) is 14.2. The summed E-state index contributed by atoms with van der Waals surface area (Å²) >= 11 is 0. The smallest absolute Gasteiger partial charge is 0.0624 e. The highest BCUT2D eigenvalue weighted by Gasteiger charge is 2.50. The van der Waals surface area contributed by atoms with Crippen LogP contribution >= 0.6 is 0 Å². The third-order valence-electron chi connectivity index (χ3n) is 5.74. The lowest BCUT2D eigenvalue weighted by Crippen LogP contribution is -2.39. The van der Waals surface area contributed by atoms with Gasteiger partial charge in [0.2, 0.25) is 0 Å². The summed E-state index contributed by atoms with van der Waals surface area (Å²) in [5, 5.41) is 8.22. The molecule has 2 aliphatic carbocycles. The Labute approximate surface area is 123 Å². The lowest BCUT2D eigenvalue weighted by atomic mass is 9.70. The Bertz CT molecular complexity index is 465. The van der Waals surface area contributed by atoms with Crippen molar-refractivity contribution < 1.29 is 0 Å². The summed E-state index contributed by atoms with van der Waals surface area (Å²) in [6.45, 7) is 6.58. The molecule has 2 saturated carbocycles. The lowest BCUT2D eigenvalue weighted by Gasteiger charge is -2.38. The van der Waals surface area contributed by atoms with E-state index in [1.807, 2.05) is 0 Å². The average Bonchev–Trinajstić information content (AvgIpc) is 3.12. The van der Waals surface area contributed by atoms with Crippen LogP contribution in [0.15, 0.2) is 6.07 Å². The largest absolute Gasteiger partial charge is 0.319 e. The van der Waals surface area contributed by atoms with Crippen molar-refractivity contribution in [1.29, 1.82) is 0 Å². The molecule has 3 heteroatoms. The molecule has 0 amide bonds. The maximum absolute atomic E-state index is 4.74. The second kappa shape index (κ2) is 5.51. The third kappa shape index (κ3) is 2.30. The molecular formula is C17H29N3. The molecular weight excluding hydrogens is 246 g/mol. The summed E-state index contributed by atoms with van der Waals surface area (Å²) in [6, 6.07) is 2.35. The summed E-state index contributed by atoms with van der Waals surface area (Å²) in [4.78, 5) is 0. The Morgan fingerprint density at radius 3 is 2.80 bits per heavy atom. The molecule has 0 spiro atoms. The van der Waals surface area contributed by atoms with Gasteiger partial charge in [0.1, 0.15) is 0 Å². The second-order valence-corrected chi connectivity index (χ2v) is 6.95. The van der Waals surface area contributed by atoms with Gasteiger partial charge >= 0.3 is 0 Å². The highest BCUT2D eigenvalue weighted by atomic mass is 15.3. The number of nitrogens with zero attached hydrogens (tertiary/aromatic N) is 2. The van der Waals surface area contributed by atoms with Gasteiger partial charge in [0, 0.05) is 18.8 Å². The first-order valence-electron chi connectivity index (χ1n) is 8.41. The van der Waals surface area contributed by atoms with Crippen LogP contribution in [0.1, 0.15) is 50.9 Å². The Morgan fingerprint density at radius 1 is 1.40 bits per heavy atom. The van der Waals surface area contributed by atoms with Gasteiger partial charge in [-0.2, -0.15) is 5.10 Å². The van der Waals surface area contributed by atoms with Crippen LogP contribution in [0.5, 0.6) is 0 Å². The summed E-state index contributed by atoms with van der Waals surface area (Å²) in [5.41, 5.74) is 3.21. The molecule has 112 valence electrons. The van der Waals surface area contributed by atoms with Crippen molar-refractivity contribution in [1.82, 2.24) is 15.1 Å². The highest BCUT2D eigenvalue weighted by molar-refractivity contribution is 5.15. The van der Waals surface area contributed by atoms with Gasteiger partial charge in [-0.05, 0) is 69.4 Å². The normalized spacial score (nSPS) is 32.1. The van der Waals surface area contributed by atoms with Crippen molar-refractivity contribution in [3.05, 3.63) is 17.5 Å². The summed E-state index contributed by atoms with van der Waals surface area (Å²) in [6.07, 6.45) is 8.09. The fourth-order valence-corrected chi connectivity index (χ4v) is 4.87. The van der Waals surface area contributed by atoms with Gasteiger partial charge in [-0.1, -0.05) is 13.3 Å². The van der Waals surface area contributed by atoms with E-state index in [1.165, 1.54) is 50.0 Å². The van der Waals surface area contributed by atoms with Crippen LogP contribution in [0.25, 0.3) is 0 Å². The quantitative estimate of drug-likeness (QED) is 0.865. The van der Waals surface area contributed by atoms with Gasteiger partial charge < -0.3 is 5.32 Å². The van der Waals surface area contributed by atoms with Crippen LogP contribution in [0.2, 0.25) is 0 Å². The first kappa shape index (κ1) is 14.1. The van der Waals surface area contributed by atoms with E-state index in [4.69, 9.17) is 5.10 Å². The molecule has 1 aromatic heterocycles. The molecule has 2 fully saturated rings. The fraction of sp³-hybridized carbons (Fsp3) is 0.824. The number of rotatable bonds is 6. The minimum absolute atomic E-state index is 0.496. The number of hydrogen-bond donors (Lipinski definition) is 1. The molecule has 1 N–H and O–H groups in total.